The number of nitrogens with zero attached hydrogens (tertiary/aromatic N) is 2. The van der Waals surface area contributed by atoms with Crippen molar-refractivity contribution in [3.63, 3.8) is 0 Å². The zero-order valence-electron chi connectivity index (χ0n) is 23.2. The monoisotopic (exact) mass is 560 g/mol. The molecule has 0 unspecified atom stereocenters. The highest BCUT2D eigenvalue weighted by molar-refractivity contribution is 7.18. The van der Waals surface area contributed by atoms with Crippen molar-refractivity contribution >= 4 is 39.7 Å². The Hall–Kier alpha value is -3.98. The van der Waals surface area contributed by atoms with E-state index < -0.39 is 17.7 Å². The predicted octanol–water partition coefficient (Wildman–Crippen LogP) is 6.03. The molecule has 3 aromatic rings. The molecule has 208 valence electrons. The van der Waals surface area contributed by atoms with Gasteiger partial charge in [-0.15, -0.1) is 0 Å². The van der Waals surface area contributed by atoms with E-state index in [4.69, 9.17) is 9.47 Å². The highest BCUT2D eigenvalue weighted by Crippen LogP contribution is 2.45. The normalized spacial score (nSPS) is 19.7. The number of hydrogen-bond acceptors (Lipinski definition) is 8. The van der Waals surface area contributed by atoms with Crippen LogP contribution in [0.15, 0.2) is 48.0 Å². The summed E-state index contributed by atoms with van der Waals surface area (Å²) in [6.07, 6.45) is 1.56. The number of aliphatic hydroxyl groups is 1. The number of ketones is 2. The first-order chi connectivity index (χ1) is 19.0. The number of aryl methyl sites for hydroxylation is 1. The summed E-state index contributed by atoms with van der Waals surface area (Å²) in [5.74, 6) is -0.298. The number of benzene rings is 2. The van der Waals surface area contributed by atoms with E-state index in [1.165, 1.54) is 11.8 Å². The molecule has 40 heavy (non-hydrogen) atoms. The highest BCUT2D eigenvalue weighted by atomic mass is 32.1. The van der Waals surface area contributed by atoms with E-state index >= 15 is 0 Å². The number of ether oxygens (including phenoxy) is 2. The topological polar surface area (TPSA) is 106 Å². The molecule has 8 nitrogen and oxygen atoms in total. The minimum absolute atomic E-state index is 0.0139. The maximum absolute atomic E-state index is 13.6. The van der Waals surface area contributed by atoms with E-state index in [0.717, 1.165) is 29.1 Å². The van der Waals surface area contributed by atoms with Crippen molar-refractivity contribution in [1.82, 2.24) is 4.98 Å². The average molecular weight is 561 g/mol. The summed E-state index contributed by atoms with van der Waals surface area (Å²) < 4.78 is 11.8. The van der Waals surface area contributed by atoms with E-state index in [2.05, 4.69) is 18.8 Å². The summed E-state index contributed by atoms with van der Waals surface area (Å²) >= 11 is 1.06. The van der Waals surface area contributed by atoms with E-state index in [9.17, 15) is 19.5 Å². The van der Waals surface area contributed by atoms with Crippen LogP contribution in [0.2, 0.25) is 0 Å². The van der Waals surface area contributed by atoms with Crippen molar-refractivity contribution in [3.8, 4) is 11.5 Å². The van der Waals surface area contributed by atoms with Gasteiger partial charge in [-0.3, -0.25) is 19.3 Å². The Morgan fingerprint density at radius 3 is 2.70 bits per heavy atom. The molecular weight excluding hydrogens is 528 g/mol. The van der Waals surface area contributed by atoms with Gasteiger partial charge >= 0.3 is 5.91 Å². The fourth-order valence-electron chi connectivity index (χ4n) is 5.07. The maximum Gasteiger partial charge on any atom is 0.301 e. The van der Waals surface area contributed by atoms with Gasteiger partial charge in [0.05, 0.1) is 28.8 Å². The molecule has 1 fully saturated rings. The first kappa shape index (κ1) is 27.6. The molecule has 0 bridgehead atoms. The smallest absolute Gasteiger partial charge is 0.301 e. The molecule has 1 N–H and O–H groups in total. The van der Waals surface area contributed by atoms with E-state index in [1.807, 2.05) is 13.0 Å². The van der Waals surface area contributed by atoms with Gasteiger partial charge in [0, 0.05) is 18.9 Å². The molecule has 2 aromatic carbocycles. The zero-order valence-corrected chi connectivity index (χ0v) is 24.0. The quantitative estimate of drug-likeness (QED) is 0.155. The van der Waals surface area contributed by atoms with Crippen molar-refractivity contribution in [2.45, 2.75) is 59.6 Å². The summed E-state index contributed by atoms with van der Waals surface area (Å²) in [4.78, 5) is 45.5. The first-order valence-electron chi connectivity index (χ1n) is 13.4. The molecular formula is C31H32N2O6S. The molecule has 2 aliphatic heterocycles. The number of hydrogen-bond donors (Lipinski definition) is 1. The van der Waals surface area contributed by atoms with Gasteiger partial charge in [-0.25, -0.2) is 4.98 Å². The molecule has 9 heteroatoms. The molecule has 5 rings (SSSR count). The minimum atomic E-state index is -0.970. The Morgan fingerprint density at radius 2 is 2.00 bits per heavy atom. The molecule has 0 aliphatic carbocycles. The number of amides is 1. The summed E-state index contributed by atoms with van der Waals surface area (Å²) in [5.41, 5.74) is 2.35. The summed E-state index contributed by atoms with van der Waals surface area (Å²) in [7, 11) is 0. The van der Waals surface area contributed by atoms with Crippen molar-refractivity contribution in [3.05, 3.63) is 75.3 Å². The lowest BCUT2D eigenvalue weighted by Gasteiger charge is -2.23. The number of Topliss-reactive ketones (excluding diaryl/α,β-unsaturated/α-hetero) is 2. The van der Waals surface area contributed by atoms with Gasteiger partial charge in [0.15, 0.2) is 10.9 Å². The van der Waals surface area contributed by atoms with Crippen LogP contribution >= 0.6 is 11.3 Å². The molecule has 0 spiro atoms. The van der Waals surface area contributed by atoms with Crippen molar-refractivity contribution in [1.29, 1.82) is 0 Å². The van der Waals surface area contributed by atoms with Crippen molar-refractivity contribution in [2.24, 2.45) is 5.92 Å². The van der Waals surface area contributed by atoms with Crippen LogP contribution in [-0.4, -0.2) is 40.3 Å². The van der Waals surface area contributed by atoms with Gasteiger partial charge in [-0.1, -0.05) is 37.3 Å². The van der Waals surface area contributed by atoms with Gasteiger partial charge in [0.2, 0.25) is 0 Å². The second-order valence-electron chi connectivity index (χ2n) is 10.7. The van der Waals surface area contributed by atoms with E-state index in [1.54, 1.807) is 43.3 Å². The number of rotatable bonds is 8. The van der Waals surface area contributed by atoms with Gasteiger partial charge in [0.25, 0.3) is 5.78 Å². The SMILES string of the molecule is CC(=O)c1sc(N2C(=O)C(=O)/C(=C(/O)c3ccc4c(c3)C[C@H](C)O4)[C@H]2c2cccc(OCCC(C)C)c2)nc1C. The standard InChI is InChI=1S/C31H32N2O6S/c1-16(2)11-12-38-23-8-6-7-20(15-23)26-25(27(35)21-9-10-24-22(14-21)13-17(3)39-24)28(36)30(37)33(26)31-32-18(4)29(40-31)19(5)34/h6-10,14-17,26,35H,11-13H2,1-5H3/b27-25+/t17-,26+/m0/s1. The highest BCUT2D eigenvalue weighted by Gasteiger charge is 2.48. The Balaban J connectivity index is 1.64. The lowest BCUT2D eigenvalue weighted by atomic mass is 9.94. The molecule has 2 atom stereocenters. The third-order valence-corrected chi connectivity index (χ3v) is 8.32. The molecule has 1 amide bonds. The number of anilines is 1. The van der Waals surface area contributed by atoms with E-state index in [0.29, 0.717) is 46.4 Å². The van der Waals surface area contributed by atoms with Crippen LogP contribution in [0.5, 0.6) is 11.5 Å². The zero-order chi connectivity index (χ0) is 28.7. The largest absolute Gasteiger partial charge is 0.507 e. The van der Waals surface area contributed by atoms with Gasteiger partial charge < -0.3 is 14.6 Å². The Kier molecular flexibility index (Phi) is 7.51. The molecule has 3 heterocycles. The summed E-state index contributed by atoms with van der Waals surface area (Å²) in [6, 6.07) is 11.5. The van der Waals surface area contributed by atoms with Crippen LogP contribution in [0, 0.1) is 12.8 Å². The maximum atomic E-state index is 13.6. The van der Waals surface area contributed by atoms with Crippen LogP contribution in [0.4, 0.5) is 5.13 Å². The number of aliphatic hydroxyl groups excluding tert-OH is 1. The number of carbonyl (C=O) groups excluding carboxylic acids is 3. The Bertz CT molecular complexity index is 1540. The number of carbonyl (C=O) groups is 3. The first-order valence-corrected chi connectivity index (χ1v) is 14.2. The molecule has 0 saturated carbocycles. The third-order valence-electron chi connectivity index (χ3n) is 7.06. The number of aromatic nitrogens is 1. The number of thiazole rings is 1. The third kappa shape index (κ3) is 5.13. The summed E-state index contributed by atoms with van der Waals surface area (Å²) in [6.45, 7) is 9.84. The van der Waals surface area contributed by atoms with Crippen LogP contribution in [0.3, 0.4) is 0 Å². The van der Waals surface area contributed by atoms with Crippen molar-refractivity contribution < 1.29 is 29.0 Å². The lowest BCUT2D eigenvalue weighted by molar-refractivity contribution is -0.132. The second-order valence-corrected chi connectivity index (χ2v) is 11.7. The molecule has 1 saturated heterocycles. The van der Waals surface area contributed by atoms with Gasteiger partial charge in [0.1, 0.15) is 23.4 Å². The van der Waals surface area contributed by atoms with Gasteiger partial charge in [-0.05, 0) is 67.6 Å². The summed E-state index contributed by atoms with van der Waals surface area (Å²) in [5, 5.41) is 11.8. The van der Waals surface area contributed by atoms with Gasteiger partial charge in [-0.2, -0.15) is 0 Å². The Morgan fingerprint density at radius 1 is 1.23 bits per heavy atom. The molecule has 2 aliphatic rings. The number of fused-ring (bicyclic) bond motifs is 1. The fourth-order valence-corrected chi connectivity index (χ4v) is 6.06. The van der Waals surface area contributed by atoms with Crippen LogP contribution in [0.1, 0.15) is 72.2 Å². The fraction of sp³-hybridized carbons (Fsp3) is 0.355. The van der Waals surface area contributed by atoms with Crippen LogP contribution in [-0.2, 0) is 16.0 Å². The van der Waals surface area contributed by atoms with Crippen LogP contribution < -0.4 is 14.4 Å². The molecule has 0 radical (unpaired) electrons. The molecule has 1 aromatic heterocycles. The predicted molar refractivity (Wildman–Crippen MR) is 153 cm³/mol. The van der Waals surface area contributed by atoms with E-state index in [-0.39, 0.29) is 28.4 Å². The minimum Gasteiger partial charge on any atom is -0.507 e. The average Bonchev–Trinajstić information content (AvgIpc) is 3.55. The van der Waals surface area contributed by atoms with Crippen molar-refractivity contribution in [2.75, 3.05) is 11.5 Å². The van der Waals surface area contributed by atoms with Crippen LogP contribution in [0.25, 0.3) is 5.76 Å². The second kappa shape index (κ2) is 10.9. The lowest BCUT2D eigenvalue weighted by Crippen LogP contribution is -2.29. The Labute approximate surface area is 237 Å².